The van der Waals surface area contributed by atoms with E-state index in [-0.39, 0.29) is 18.7 Å². The number of hydrogen-bond donors (Lipinski definition) is 1. The van der Waals surface area contributed by atoms with Crippen molar-refractivity contribution in [1.29, 1.82) is 0 Å². The first-order valence-corrected chi connectivity index (χ1v) is 5.54. The van der Waals surface area contributed by atoms with Gasteiger partial charge in [0.1, 0.15) is 0 Å². The van der Waals surface area contributed by atoms with E-state index in [0.717, 1.165) is 11.1 Å². The molecule has 0 heterocycles. The molecule has 5 heteroatoms. The molecule has 1 aromatic carbocycles. The number of rotatable bonds is 4. The van der Waals surface area contributed by atoms with E-state index in [9.17, 15) is 14.7 Å². The van der Waals surface area contributed by atoms with Crippen LogP contribution in [0.2, 0.25) is 5.02 Å². The molecule has 17 heavy (non-hydrogen) atoms. The van der Waals surface area contributed by atoms with E-state index in [0.29, 0.717) is 10.7 Å². The monoisotopic (exact) mass is 254 g/mol. The SMILES string of the molecule is Cc1cc(C)c(NC(=O)CCC(=O)[O-])c(Cl)c1. The van der Waals surface area contributed by atoms with Gasteiger partial charge in [-0.25, -0.2) is 0 Å². The first-order chi connectivity index (χ1) is 7.90. The Hall–Kier alpha value is -1.55. The summed E-state index contributed by atoms with van der Waals surface area (Å²) < 4.78 is 0. The molecule has 1 aromatic rings. The molecule has 0 bridgehead atoms. The second-order valence-corrected chi connectivity index (χ2v) is 4.27. The number of halogens is 1. The molecular weight excluding hydrogens is 242 g/mol. The van der Waals surface area contributed by atoms with Crippen LogP contribution in [0.4, 0.5) is 5.69 Å². The molecule has 0 spiro atoms. The maximum Gasteiger partial charge on any atom is 0.224 e. The second kappa shape index (κ2) is 5.68. The number of aliphatic carboxylic acids is 1. The maximum absolute atomic E-state index is 11.4. The van der Waals surface area contributed by atoms with Gasteiger partial charge in [0.2, 0.25) is 5.91 Å². The van der Waals surface area contributed by atoms with Gasteiger partial charge in [-0.1, -0.05) is 17.7 Å². The summed E-state index contributed by atoms with van der Waals surface area (Å²) in [6, 6.07) is 3.63. The topological polar surface area (TPSA) is 69.2 Å². The van der Waals surface area contributed by atoms with E-state index in [4.69, 9.17) is 11.6 Å². The van der Waals surface area contributed by atoms with Crippen molar-refractivity contribution in [2.75, 3.05) is 5.32 Å². The van der Waals surface area contributed by atoms with Gasteiger partial charge < -0.3 is 15.2 Å². The van der Waals surface area contributed by atoms with E-state index in [2.05, 4.69) is 5.32 Å². The zero-order chi connectivity index (χ0) is 13.0. The van der Waals surface area contributed by atoms with Crippen LogP contribution < -0.4 is 10.4 Å². The molecule has 1 amide bonds. The van der Waals surface area contributed by atoms with Crippen LogP contribution in [0.25, 0.3) is 0 Å². The number of amides is 1. The van der Waals surface area contributed by atoms with Crippen molar-refractivity contribution in [3.05, 3.63) is 28.3 Å². The van der Waals surface area contributed by atoms with Crippen molar-refractivity contribution in [2.24, 2.45) is 0 Å². The largest absolute Gasteiger partial charge is 0.550 e. The number of anilines is 1. The van der Waals surface area contributed by atoms with Crippen LogP contribution in [0, 0.1) is 13.8 Å². The van der Waals surface area contributed by atoms with Crippen molar-refractivity contribution >= 4 is 29.2 Å². The van der Waals surface area contributed by atoms with Gasteiger partial charge in [0.05, 0.1) is 10.7 Å². The van der Waals surface area contributed by atoms with E-state index in [1.807, 2.05) is 19.9 Å². The number of benzene rings is 1. The summed E-state index contributed by atoms with van der Waals surface area (Å²) in [4.78, 5) is 21.7. The Morgan fingerprint density at radius 2 is 1.94 bits per heavy atom. The number of carboxylic acid groups (broad SMARTS) is 1. The molecule has 0 saturated carbocycles. The first-order valence-electron chi connectivity index (χ1n) is 5.16. The van der Waals surface area contributed by atoms with Crippen LogP contribution in [0.5, 0.6) is 0 Å². The molecule has 1 rings (SSSR count). The zero-order valence-corrected chi connectivity index (χ0v) is 10.4. The highest BCUT2D eigenvalue weighted by Crippen LogP contribution is 2.27. The summed E-state index contributed by atoms with van der Waals surface area (Å²) in [6.45, 7) is 3.73. The fourth-order valence-corrected chi connectivity index (χ4v) is 1.86. The van der Waals surface area contributed by atoms with Crippen LogP contribution in [0.3, 0.4) is 0 Å². The number of carbonyl (C=O) groups is 2. The van der Waals surface area contributed by atoms with Crippen molar-refractivity contribution in [2.45, 2.75) is 26.7 Å². The van der Waals surface area contributed by atoms with Gasteiger partial charge in [-0.15, -0.1) is 0 Å². The smallest absolute Gasteiger partial charge is 0.224 e. The minimum atomic E-state index is -1.24. The van der Waals surface area contributed by atoms with Crippen molar-refractivity contribution in [3.63, 3.8) is 0 Å². The average molecular weight is 255 g/mol. The minimum Gasteiger partial charge on any atom is -0.550 e. The summed E-state index contributed by atoms with van der Waals surface area (Å²) >= 11 is 6.00. The standard InChI is InChI=1S/C12H14ClNO3/c1-7-5-8(2)12(9(13)6-7)14-10(15)3-4-11(16)17/h5-6H,3-4H2,1-2H3,(H,14,15)(H,16,17)/p-1. The Kier molecular flexibility index (Phi) is 4.52. The third-order valence-corrected chi connectivity index (χ3v) is 2.55. The van der Waals surface area contributed by atoms with Crippen LogP contribution in [0.15, 0.2) is 12.1 Å². The Balaban J connectivity index is 2.75. The highest BCUT2D eigenvalue weighted by Gasteiger charge is 2.09. The van der Waals surface area contributed by atoms with Crippen molar-refractivity contribution in [3.8, 4) is 0 Å². The van der Waals surface area contributed by atoms with Crippen molar-refractivity contribution < 1.29 is 14.7 Å². The van der Waals surface area contributed by atoms with Gasteiger partial charge in [0.15, 0.2) is 0 Å². The molecule has 0 aromatic heterocycles. The Labute approximate surface area is 105 Å². The number of carboxylic acids is 1. The van der Waals surface area contributed by atoms with Gasteiger partial charge in [0, 0.05) is 12.4 Å². The third kappa shape index (κ3) is 4.07. The highest BCUT2D eigenvalue weighted by molar-refractivity contribution is 6.34. The lowest BCUT2D eigenvalue weighted by Crippen LogP contribution is -2.24. The molecule has 0 unspecified atom stereocenters. The van der Waals surface area contributed by atoms with Crippen LogP contribution in [0.1, 0.15) is 24.0 Å². The number of hydrogen-bond acceptors (Lipinski definition) is 3. The average Bonchev–Trinajstić information content (AvgIpc) is 2.20. The maximum atomic E-state index is 11.4. The van der Waals surface area contributed by atoms with E-state index in [1.165, 1.54) is 0 Å². The molecule has 0 fully saturated rings. The predicted molar refractivity (Wildman–Crippen MR) is 63.8 cm³/mol. The summed E-state index contributed by atoms with van der Waals surface area (Å²) in [5, 5.41) is 13.3. The molecule has 0 aliphatic heterocycles. The lowest BCUT2D eigenvalue weighted by atomic mass is 10.1. The van der Waals surface area contributed by atoms with Crippen molar-refractivity contribution in [1.82, 2.24) is 0 Å². The zero-order valence-electron chi connectivity index (χ0n) is 9.67. The Morgan fingerprint density at radius 1 is 1.29 bits per heavy atom. The fourth-order valence-electron chi connectivity index (χ4n) is 1.49. The molecule has 0 radical (unpaired) electrons. The highest BCUT2D eigenvalue weighted by atomic mass is 35.5. The van der Waals surface area contributed by atoms with Gasteiger partial charge in [-0.3, -0.25) is 4.79 Å². The molecule has 0 atom stereocenters. The summed E-state index contributed by atoms with van der Waals surface area (Å²) in [5.74, 6) is -1.63. The molecule has 1 N–H and O–H groups in total. The lowest BCUT2D eigenvalue weighted by molar-refractivity contribution is -0.305. The first kappa shape index (κ1) is 13.5. The summed E-state index contributed by atoms with van der Waals surface area (Å²) in [6.07, 6.45) is -0.416. The van der Waals surface area contributed by atoms with Gasteiger partial charge in [0.25, 0.3) is 0 Å². The quantitative estimate of drug-likeness (QED) is 0.884. The molecule has 0 aliphatic rings. The number of aryl methyl sites for hydroxylation is 2. The van der Waals surface area contributed by atoms with Gasteiger partial charge in [-0.05, 0) is 37.5 Å². The molecular formula is C12H13ClNO3-. The van der Waals surface area contributed by atoms with E-state index < -0.39 is 5.97 Å². The molecule has 92 valence electrons. The number of nitrogens with one attached hydrogen (secondary N) is 1. The third-order valence-electron chi connectivity index (χ3n) is 2.25. The number of carbonyl (C=O) groups excluding carboxylic acids is 2. The van der Waals surface area contributed by atoms with E-state index in [1.54, 1.807) is 6.07 Å². The summed E-state index contributed by atoms with van der Waals surface area (Å²) in [7, 11) is 0. The Morgan fingerprint density at radius 3 is 2.47 bits per heavy atom. The van der Waals surface area contributed by atoms with Crippen LogP contribution in [-0.2, 0) is 9.59 Å². The molecule has 0 saturated heterocycles. The van der Waals surface area contributed by atoms with Crippen LogP contribution >= 0.6 is 11.6 Å². The lowest BCUT2D eigenvalue weighted by Gasteiger charge is -2.11. The fraction of sp³-hybridized carbons (Fsp3) is 0.333. The Bertz CT molecular complexity index is 434. The summed E-state index contributed by atoms with van der Waals surface area (Å²) in [5.41, 5.74) is 2.37. The van der Waals surface area contributed by atoms with Crippen LogP contribution in [-0.4, -0.2) is 11.9 Å². The van der Waals surface area contributed by atoms with E-state index >= 15 is 0 Å². The second-order valence-electron chi connectivity index (χ2n) is 3.86. The molecule has 0 aliphatic carbocycles. The molecule has 4 nitrogen and oxygen atoms in total. The minimum absolute atomic E-state index is 0.119. The predicted octanol–water partition coefficient (Wildman–Crippen LogP) is 1.43. The van der Waals surface area contributed by atoms with Gasteiger partial charge in [-0.2, -0.15) is 0 Å². The normalized spacial score (nSPS) is 10.1. The van der Waals surface area contributed by atoms with Gasteiger partial charge >= 0.3 is 0 Å².